The maximum absolute atomic E-state index is 12.2. The summed E-state index contributed by atoms with van der Waals surface area (Å²) in [5, 5.41) is 6.46. The fourth-order valence-corrected chi connectivity index (χ4v) is 3.11. The first-order chi connectivity index (χ1) is 9.94. The van der Waals surface area contributed by atoms with Gasteiger partial charge in [-0.1, -0.05) is 0 Å². The Hall–Kier alpha value is -2.02. The molecule has 0 amide bonds. The molecule has 2 heterocycles. The lowest BCUT2D eigenvalue weighted by Crippen LogP contribution is -2.15. The molecule has 0 aliphatic rings. The molecule has 0 fully saturated rings. The zero-order valence-corrected chi connectivity index (χ0v) is 11.7. The van der Waals surface area contributed by atoms with Gasteiger partial charge >= 0.3 is 6.18 Å². The SMILES string of the molecule is Nc1ccc2c(c1)nc(NCCC(F)(F)F)c1ccsc12. The van der Waals surface area contributed by atoms with Gasteiger partial charge in [-0.05, 0) is 29.6 Å². The number of halogens is 3. The van der Waals surface area contributed by atoms with Gasteiger partial charge in [0.05, 0.1) is 11.9 Å². The number of nitrogen functional groups attached to an aromatic ring is 1. The third-order valence-corrected chi connectivity index (χ3v) is 4.07. The van der Waals surface area contributed by atoms with Gasteiger partial charge in [-0.3, -0.25) is 0 Å². The highest BCUT2D eigenvalue weighted by Crippen LogP contribution is 2.34. The van der Waals surface area contributed by atoms with Crippen LogP contribution in [0.2, 0.25) is 0 Å². The average Bonchev–Trinajstić information content (AvgIpc) is 2.86. The molecule has 0 radical (unpaired) electrons. The third kappa shape index (κ3) is 2.87. The fourth-order valence-electron chi connectivity index (χ4n) is 2.18. The Morgan fingerprint density at radius 1 is 1.19 bits per heavy atom. The standard InChI is InChI=1S/C14H12F3N3S/c15-14(16,17)4-5-19-13-10-3-6-21-12(10)9-2-1-8(18)7-11(9)20-13/h1-3,6-7H,4-5,18H2,(H,19,20). The van der Waals surface area contributed by atoms with Crippen LogP contribution in [0.3, 0.4) is 0 Å². The van der Waals surface area contributed by atoms with E-state index >= 15 is 0 Å². The van der Waals surface area contributed by atoms with Crippen molar-refractivity contribution in [2.24, 2.45) is 0 Å². The lowest BCUT2D eigenvalue weighted by molar-refractivity contribution is -0.131. The van der Waals surface area contributed by atoms with Gasteiger partial charge in [0.2, 0.25) is 0 Å². The molecule has 0 aliphatic heterocycles. The quantitative estimate of drug-likeness (QED) is 0.705. The van der Waals surface area contributed by atoms with Crippen LogP contribution in [0, 0.1) is 0 Å². The Morgan fingerprint density at radius 3 is 2.76 bits per heavy atom. The van der Waals surface area contributed by atoms with Crippen LogP contribution >= 0.6 is 11.3 Å². The van der Waals surface area contributed by atoms with Gasteiger partial charge in [0.1, 0.15) is 5.82 Å². The Kier molecular flexibility index (Phi) is 3.36. The van der Waals surface area contributed by atoms with Crippen molar-refractivity contribution in [2.75, 3.05) is 17.6 Å². The predicted octanol–water partition coefficient (Wildman–Crippen LogP) is 4.40. The van der Waals surface area contributed by atoms with Crippen LogP contribution in [-0.4, -0.2) is 17.7 Å². The van der Waals surface area contributed by atoms with Gasteiger partial charge in [0, 0.05) is 27.7 Å². The molecule has 0 bridgehead atoms. The number of thiophene rings is 1. The molecule has 0 unspecified atom stereocenters. The molecular formula is C14H12F3N3S. The van der Waals surface area contributed by atoms with Gasteiger partial charge in [-0.25, -0.2) is 4.98 Å². The van der Waals surface area contributed by atoms with Gasteiger partial charge in [0.25, 0.3) is 0 Å². The molecule has 2 aromatic heterocycles. The van der Waals surface area contributed by atoms with E-state index in [2.05, 4.69) is 10.3 Å². The van der Waals surface area contributed by atoms with E-state index in [4.69, 9.17) is 5.73 Å². The number of hydrogen-bond acceptors (Lipinski definition) is 4. The van der Waals surface area contributed by atoms with E-state index in [-0.39, 0.29) is 6.54 Å². The van der Waals surface area contributed by atoms with Crippen molar-refractivity contribution < 1.29 is 13.2 Å². The Bertz CT molecular complexity index is 795. The number of aromatic nitrogens is 1. The van der Waals surface area contributed by atoms with E-state index in [0.717, 1.165) is 15.5 Å². The molecule has 0 atom stereocenters. The smallest absolute Gasteiger partial charge is 0.390 e. The predicted molar refractivity (Wildman–Crippen MR) is 80.7 cm³/mol. The first kappa shape index (κ1) is 13.9. The van der Waals surface area contributed by atoms with Crippen LogP contribution in [0.5, 0.6) is 0 Å². The normalized spacial score (nSPS) is 12.1. The van der Waals surface area contributed by atoms with Crippen molar-refractivity contribution in [2.45, 2.75) is 12.6 Å². The number of rotatable bonds is 3. The summed E-state index contributed by atoms with van der Waals surface area (Å²) in [5.74, 6) is 0.466. The Balaban J connectivity index is 2.01. The van der Waals surface area contributed by atoms with Gasteiger partial charge in [-0.2, -0.15) is 13.2 Å². The number of nitrogens with one attached hydrogen (secondary N) is 1. The number of alkyl halides is 3. The minimum Gasteiger partial charge on any atom is -0.399 e. The summed E-state index contributed by atoms with van der Waals surface area (Å²) in [4.78, 5) is 4.40. The van der Waals surface area contributed by atoms with Crippen molar-refractivity contribution in [1.82, 2.24) is 4.98 Å². The van der Waals surface area contributed by atoms with E-state index < -0.39 is 12.6 Å². The maximum atomic E-state index is 12.2. The first-order valence-electron chi connectivity index (χ1n) is 6.31. The minimum absolute atomic E-state index is 0.199. The summed E-state index contributed by atoms with van der Waals surface area (Å²) in [6.45, 7) is -0.199. The van der Waals surface area contributed by atoms with E-state index in [9.17, 15) is 13.2 Å². The zero-order chi connectivity index (χ0) is 15.0. The number of anilines is 2. The summed E-state index contributed by atoms with van der Waals surface area (Å²) < 4.78 is 37.7. The summed E-state index contributed by atoms with van der Waals surface area (Å²) in [6, 6.07) is 7.26. The zero-order valence-electron chi connectivity index (χ0n) is 10.9. The molecule has 21 heavy (non-hydrogen) atoms. The highest BCUT2D eigenvalue weighted by Gasteiger charge is 2.26. The second-order valence-electron chi connectivity index (χ2n) is 4.69. The Labute approximate surface area is 122 Å². The van der Waals surface area contributed by atoms with Crippen LogP contribution < -0.4 is 11.1 Å². The highest BCUT2D eigenvalue weighted by molar-refractivity contribution is 7.18. The molecule has 0 saturated carbocycles. The molecule has 0 saturated heterocycles. The highest BCUT2D eigenvalue weighted by atomic mass is 32.1. The van der Waals surface area contributed by atoms with Crippen LogP contribution in [0.4, 0.5) is 24.7 Å². The van der Waals surface area contributed by atoms with Crippen molar-refractivity contribution in [3.63, 3.8) is 0 Å². The summed E-state index contributed by atoms with van der Waals surface area (Å²) in [7, 11) is 0. The minimum atomic E-state index is -4.18. The van der Waals surface area contributed by atoms with Crippen LogP contribution in [0.1, 0.15) is 6.42 Å². The summed E-state index contributed by atoms with van der Waals surface area (Å²) >= 11 is 1.53. The van der Waals surface area contributed by atoms with Crippen molar-refractivity contribution in [1.29, 1.82) is 0 Å². The van der Waals surface area contributed by atoms with Crippen molar-refractivity contribution in [3.8, 4) is 0 Å². The topological polar surface area (TPSA) is 50.9 Å². The van der Waals surface area contributed by atoms with Crippen LogP contribution in [0.15, 0.2) is 29.6 Å². The van der Waals surface area contributed by atoms with Gasteiger partial charge < -0.3 is 11.1 Å². The lowest BCUT2D eigenvalue weighted by atomic mass is 10.1. The average molecular weight is 311 g/mol. The number of hydrogen-bond donors (Lipinski definition) is 2. The van der Waals surface area contributed by atoms with Crippen LogP contribution in [0.25, 0.3) is 21.0 Å². The lowest BCUT2D eigenvalue weighted by Gasteiger charge is -2.11. The maximum Gasteiger partial charge on any atom is 0.390 e. The number of benzene rings is 1. The Morgan fingerprint density at radius 2 is 2.00 bits per heavy atom. The van der Waals surface area contributed by atoms with Gasteiger partial charge in [0.15, 0.2) is 0 Å². The third-order valence-electron chi connectivity index (χ3n) is 3.12. The molecular weight excluding hydrogens is 299 g/mol. The molecule has 3 rings (SSSR count). The number of nitrogens with two attached hydrogens (primary N) is 1. The molecule has 110 valence electrons. The second-order valence-corrected chi connectivity index (χ2v) is 5.61. The summed E-state index contributed by atoms with van der Waals surface area (Å²) in [6.07, 6.45) is -5.07. The van der Waals surface area contributed by atoms with E-state index in [1.54, 1.807) is 12.1 Å². The van der Waals surface area contributed by atoms with Crippen molar-refractivity contribution in [3.05, 3.63) is 29.6 Å². The molecule has 3 nitrogen and oxygen atoms in total. The second kappa shape index (κ2) is 5.07. The number of pyridine rings is 1. The van der Waals surface area contributed by atoms with Gasteiger partial charge in [-0.15, -0.1) is 11.3 Å². The van der Waals surface area contributed by atoms with Crippen molar-refractivity contribution >= 4 is 43.8 Å². The van der Waals surface area contributed by atoms with E-state index in [1.807, 2.05) is 17.5 Å². The van der Waals surface area contributed by atoms with E-state index in [1.165, 1.54) is 11.3 Å². The van der Waals surface area contributed by atoms with E-state index in [0.29, 0.717) is 17.0 Å². The number of fused-ring (bicyclic) bond motifs is 3. The molecule has 1 aromatic carbocycles. The molecule has 3 N–H and O–H groups in total. The fraction of sp³-hybridized carbons (Fsp3) is 0.214. The summed E-state index contributed by atoms with van der Waals surface area (Å²) in [5.41, 5.74) is 7.00. The number of nitrogens with zero attached hydrogens (tertiary/aromatic N) is 1. The van der Waals surface area contributed by atoms with Crippen LogP contribution in [-0.2, 0) is 0 Å². The molecule has 0 spiro atoms. The largest absolute Gasteiger partial charge is 0.399 e. The first-order valence-corrected chi connectivity index (χ1v) is 7.19. The monoisotopic (exact) mass is 311 g/mol. The molecule has 0 aliphatic carbocycles. The molecule has 3 aromatic rings. The molecule has 7 heteroatoms.